The Labute approximate surface area is 235 Å². The number of aliphatic hydroxyl groups is 1. The van der Waals surface area contributed by atoms with E-state index in [-0.39, 0.29) is 36.8 Å². The first-order valence-corrected chi connectivity index (χ1v) is 12.9. The van der Waals surface area contributed by atoms with Crippen LogP contribution in [0.3, 0.4) is 0 Å². The number of benzene rings is 2. The van der Waals surface area contributed by atoms with Gasteiger partial charge in [0.2, 0.25) is 0 Å². The molecule has 4 rings (SSSR count). The van der Waals surface area contributed by atoms with Crippen LogP contribution in [0.4, 0.5) is 0 Å². The number of likely N-dealkylation sites (tertiary alicyclic amines) is 1. The molecule has 3 aromatic rings. The Hall–Kier alpha value is -3.64. The van der Waals surface area contributed by atoms with Crippen LogP contribution in [-0.2, 0) is 9.59 Å². The number of methoxy groups -OCH3 is 2. The maximum absolute atomic E-state index is 13.2. The van der Waals surface area contributed by atoms with Gasteiger partial charge in [-0.2, -0.15) is 0 Å². The average Bonchev–Trinajstić information content (AvgIpc) is 3.30. The summed E-state index contributed by atoms with van der Waals surface area (Å²) in [7, 11) is 5.06. The normalized spacial score (nSPS) is 17.6. The number of carbonyl (C=O) groups is 2. The summed E-state index contributed by atoms with van der Waals surface area (Å²) >= 11 is 6.36. The molecule has 3 unspecified atom stereocenters. The summed E-state index contributed by atoms with van der Waals surface area (Å²) in [5.74, 6) is -0.929. The molecule has 2 heterocycles. The van der Waals surface area contributed by atoms with E-state index in [1.54, 1.807) is 19.2 Å². The van der Waals surface area contributed by atoms with Crippen LogP contribution < -0.4 is 20.6 Å². The molecule has 0 bridgehead atoms. The van der Waals surface area contributed by atoms with Gasteiger partial charge in [-0.3, -0.25) is 14.4 Å². The highest BCUT2D eigenvalue weighted by atomic mass is 35.5. The third-order valence-corrected chi connectivity index (χ3v) is 7.24. The minimum atomic E-state index is -1.17. The van der Waals surface area contributed by atoms with Crippen LogP contribution in [-0.4, -0.2) is 78.7 Å². The molecule has 216 valence electrons. The number of rotatable bonds is 9. The Kier molecular flexibility index (Phi) is 10.5. The number of halogens is 1. The fourth-order valence-corrected chi connectivity index (χ4v) is 5.01. The van der Waals surface area contributed by atoms with Gasteiger partial charge in [0, 0.05) is 41.6 Å². The molecule has 40 heavy (non-hydrogen) atoms. The van der Waals surface area contributed by atoms with Gasteiger partial charge in [-0.25, -0.2) is 0 Å². The fourth-order valence-electron chi connectivity index (χ4n) is 4.79. The number of carboxylic acids is 2. The summed E-state index contributed by atoms with van der Waals surface area (Å²) in [6.45, 7) is 0.813. The number of fused-ring (bicyclic) bond motifs is 1. The van der Waals surface area contributed by atoms with Gasteiger partial charge < -0.3 is 39.8 Å². The SMILES string of the molecule is COc1cc(OC)c2c(=O)cc(-c3ccccc3Cl)oc2c1C1CCN(C)C1CO.NC(CCC(=O)O)C(=O)O. The second-order valence-corrected chi connectivity index (χ2v) is 9.76. The van der Waals surface area contributed by atoms with Crippen molar-refractivity contribution in [1.82, 2.24) is 4.90 Å². The zero-order valence-corrected chi connectivity index (χ0v) is 23.2. The monoisotopic (exact) mass is 576 g/mol. The molecule has 3 atom stereocenters. The van der Waals surface area contributed by atoms with Crippen molar-refractivity contribution in [3.05, 3.63) is 57.2 Å². The molecular weight excluding hydrogens is 544 g/mol. The lowest BCUT2D eigenvalue weighted by molar-refractivity contribution is -0.139. The average molecular weight is 577 g/mol. The summed E-state index contributed by atoms with van der Waals surface area (Å²) < 4.78 is 17.5. The van der Waals surface area contributed by atoms with Gasteiger partial charge in [0.1, 0.15) is 34.3 Å². The predicted octanol–water partition coefficient (Wildman–Crippen LogP) is 3.17. The first-order chi connectivity index (χ1) is 19.0. The van der Waals surface area contributed by atoms with Gasteiger partial charge >= 0.3 is 11.9 Å². The van der Waals surface area contributed by atoms with E-state index >= 15 is 0 Å². The van der Waals surface area contributed by atoms with Gasteiger partial charge in [0.15, 0.2) is 5.43 Å². The molecule has 2 aromatic carbocycles. The lowest BCUT2D eigenvalue weighted by atomic mass is 9.89. The highest BCUT2D eigenvalue weighted by Crippen LogP contribution is 2.45. The van der Waals surface area contributed by atoms with Crippen molar-refractivity contribution in [2.75, 3.05) is 34.4 Å². The molecule has 1 aliphatic rings. The number of hydrogen-bond donors (Lipinski definition) is 4. The lowest BCUT2D eigenvalue weighted by Gasteiger charge is -2.25. The van der Waals surface area contributed by atoms with Gasteiger partial charge in [0.25, 0.3) is 0 Å². The van der Waals surface area contributed by atoms with Crippen LogP contribution >= 0.6 is 11.6 Å². The van der Waals surface area contributed by atoms with Gasteiger partial charge in [0.05, 0.1) is 25.8 Å². The number of nitrogens with zero attached hydrogens (tertiary/aromatic N) is 1. The molecule has 1 fully saturated rings. The summed E-state index contributed by atoms with van der Waals surface area (Å²) in [4.78, 5) is 35.1. The van der Waals surface area contributed by atoms with E-state index in [2.05, 4.69) is 4.90 Å². The minimum Gasteiger partial charge on any atom is -0.496 e. The Morgan fingerprint density at radius 2 is 1.85 bits per heavy atom. The van der Waals surface area contributed by atoms with E-state index in [1.807, 2.05) is 25.2 Å². The van der Waals surface area contributed by atoms with Gasteiger partial charge in [-0.15, -0.1) is 0 Å². The number of hydrogen-bond acceptors (Lipinski definition) is 9. The third kappa shape index (κ3) is 6.73. The predicted molar refractivity (Wildman–Crippen MR) is 149 cm³/mol. The molecule has 5 N–H and O–H groups in total. The van der Waals surface area contributed by atoms with Crippen LogP contribution in [0.25, 0.3) is 22.3 Å². The van der Waals surface area contributed by atoms with Crippen molar-refractivity contribution in [2.45, 2.75) is 37.3 Å². The minimum absolute atomic E-state index is 0.00766. The zero-order chi connectivity index (χ0) is 29.6. The van der Waals surface area contributed by atoms with Crippen LogP contribution in [0.15, 0.2) is 45.6 Å². The molecule has 1 aromatic heterocycles. The highest BCUT2D eigenvalue weighted by Gasteiger charge is 2.37. The van der Waals surface area contributed by atoms with Gasteiger partial charge in [-0.05, 0) is 38.6 Å². The summed E-state index contributed by atoms with van der Waals surface area (Å²) in [6.07, 6.45) is 0.581. The number of aliphatic carboxylic acids is 2. The molecule has 0 radical (unpaired) electrons. The second-order valence-electron chi connectivity index (χ2n) is 9.36. The van der Waals surface area contributed by atoms with E-state index in [0.717, 1.165) is 18.5 Å². The number of ether oxygens (including phenoxy) is 2. The number of carboxylic acid groups (broad SMARTS) is 2. The summed E-state index contributed by atoms with van der Waals surface area (Å²) in [5.41, 5.74) is 6.59. The number of aliphatic hydroxyl groups excluding tert-OH is 1. The van der Waals surface area contributed by atoms with Gasteiger partial charge in [-0.1, -0.05) is 23.7 Å². The summed E-state index contributed by atoms with van der Waals surface area (Å²) in [6, 6.07) is 9.21. The van der Waals surface area contributed by atoms with Crippen molar-refractivity contribution in [3.8, 4) is 22.8 Å². The fraction of sp³-hybridized carbons (Fsp3) is 0.393. The van der Waals surface area contributed by atoms with Crippen molar-refractivity contribution < 1.29 is 38.8 Å². The first-order valence-electron chi connectivity index (χ1n) is 12.5. The topological polar surface area (TPSA) is 173 Å². The second kappa shape index (κ2) is 13.6. The first kappa shape index (κ1) is 30.9. The largest absolute Gasteiger partial charge is 0.496 e. The van der Waals surface area contributed by atoms with Crippen LogP contribution in [0.2, 0.25) is 5.02 Å². The molecule has 1 aliphatic heterocycles. The molecule has 12 heteroatoms. The van der Waals surface area contributed by atoms with Crippen molar-refractivity contribution in [3.63, 3.8) is 0 Å². The number of likely N-dealkylation sites (N-methyl/N-ethyl adjacent to an activating group) is 1. The quantitative estimate of drug-likeness (QED) is 0.294. The number of nitrogens with two attached hydrogens (primary N) is 1. The smallest absolute Gasteiger partial charge is 0.320 e. The maximum atomic E-state index is 13.2. The Morgan fingerprint density at radius 3 is 2.42 bits per heavy atom. The third-order valence-electron chi connectivity index (χ3n) is 6.91. The Morgan fingerprint density at radius 1 is 1.18 bits per heavy atom. The van der Waals surface area contributed by atoms with E-state index in [1.165, 1.54) is 13.2 Å². The van der Waals surface area contributed by atoms with E-state index < -0.39 is 18.0 Å². The Bertz CT molecular complexity index is 1420. The maximum Gasteiger partial charge on any atom is 0.320 e. The van der Waals surface area contributed by atoms with Crippen LogP contribution in [0.1, 0.15) is 30.7 Å². The molecule has 0 spiro atoms. The van der Waals surface area contributed by atoms with E-state index in [0.29, 0.717) is 38.8 Å². The molecule has 0 aliphatic carbocycles. The lowest BCUT2D eigenvalue weighted by Crippen LogP contribution is -2.32. The highest BCUT2D eigenvalue weighted by molar-refractivity contribution is 6.33. The van der Waals surface area contributed by atoms with Crippen LogP contribution in [0.5, 0.6) is 11.5 Å². The zero-order valence-electron chi connectivity index (χ0n) is 22.4. The molecule has 0 amide bonds. The molecular formula is C28H33ClN2O9. The van der Waals surface area contributed by atoms with Crippen molar-refractivity contribution in [2.24, 2.45) is 5.73 Å². The van der Waals surface area contributed by atoms with Crippen molar-refractivity contribution >= 4 is 34.5 Å². The van der Waals surface area contributed by atoms with E-state index in [9.17, 15) is 19.5 Å². The molecule has 0 saturated carbocycles. The van der Waals surface area contributed by atoms with Crippen LogP contribution in [0, 0.1) is 0 Å². The molecule has 1 saturated heterocycles. The Balaban J connectivity index is 0.000000378. The van der Waals surface area contributed by atoms with E-state index in [4.69, 9.17) is 41.4 Å². The standard InChI is InChI=1S/C23H24ClNO5.C5H9NO4/c1-25-9-8-14(16(25)12-26)21-19(28-2)11-20(29-3)22-17(27)10-18(30-23(21)22)13-6-4-5-7-15(13)24;6-3(5(9)10)1-2-4(7)8/h4-7,10-11,14,16,26H,8-9,12H2,1-3H3;3H,1-2,6H2,(H,7,8)(H,9,10). The summed E-state index contributed by atoms with van der Waals surface area (Å²) in [5, 5.41) is 27.1. The molecule has 11 nitrogen and oxygen atoms in total. The van der Waals surface area contributed by atoms with Crippen molar-refractivity contribution in [1.29, 1.82) is 0 Å².